The summed E-state index contributed by atoms with van der Waals surface area (Å²) in [7, 11) is 0. The van der Waals surface area contributed by atoms with E-state index < -0.39 is 6.09 Å². The van der Waals surface area contributed by atoms with Gasteiger partial charge in [-0.15, -0.1) is 0 Å². The molecule has 1 N–H and O–H groups in total. The molecule has 2 aromatic rings. The third-order valence-corrected chi connectivity index (χ3v) is 2.40. The fraction of sp³-hybridized carbons (Fsp3) is 0.111. The van der Waals surface area contributed by atoms with Crippen molar-refractivity contribution in [3.63, 3.8) is 0 Å². The molecule has 15 heavy (non-hydrogen) atoms. The van der Waals surface area contributed by atoms with Crippen molar-refractivity contribution in [1.82, 2.24) is 10.3 Å². The molecule has 0 atom stereocenters. The topological polar surface area (TPSA) is 75.0 Å². The van der Waals surface area contributed by atoms with Gasteiger partial charge in [0.05, 0.1) is 5.88 Å². The number of carbonyl (C=O) groups excluding carboxylic acids is 1. The van der Waals surface area contributed by atoms with Crippen molar-refractivity contribution >= 4 is 29.0 Å². The molecule has 0 aliphatic carbocycles. The largest absolute Gasteiger partial charge is 0.451 e. The van der Waals surface area contributed by atoms with E-state index in [1.54, 1.807) is 6.07 Å². The lowest BCUT2D eigenvalue weighted by molar-refractivity contribution is 0.170. The number of nitrogens with one attached hydrogen (secondary N) is 1. The number of aromatic nitrogens is 1. The summed E-state index contributed by atoms with van der Waals surface area (Å²) in [6.07, 6.45) is -1.31. The third-order valence-electron chi connectivity index (χ3n) is 1.69. The number of hydrogen-bond donors (Lipinski definition) is 1. The van der Waals surface area contributed by atoms with Crippen LogP contribution < -0.4 is 5.32 Å². The van der Waals surface area contributed by atoms with Gasteiger partial charge in [0.15, 0.2) is 5.58 Å². The number of thioether (sulfide) groups is 1. The lowest BCUT2D eigenvalue weighted by Crippen LogP contribution is -2.18. The first-order valence-electron chi connectivity index (χ1n) is 4.19. The fourth-order valence-electron chi connectivity index (χ4n) is 1.07. The van der Waals surface area contributed by atoms with Gasteiger partial charge >= 0.3 is 6.09 Å². The molecule has 0 unspecified atom stereocenters. The van der Waals surface area contributed by atoms with Crippen LogP contribution in [0.3, 0.4) is 0 Å². The summed E-state index contributed by atoms with van der Waals surface area (Å²) in [6, 6.07) is 7.34. The van der Waals surface area contributed by atoms with Gasteiger partial charge in [0.1, 0.15) is 5.52 Å². The summed E-state index contributed by atoms with van der Waals surface area (Å²) in [6.45, 7) is 0. The van der Waals surface area contributed by atoms with Crippen LogP contribution in [0.4, 0.5) is 4.79 Å². The Morgan fingerprint density at radius 2 is 2.27 bits per heavy atom. The van der Waals surface area contributed by atoms with Crippen LogP contribution >= 0.6 is 11.8 Å². The Bertz CT molecular complexity index is 450. The second-order valence-electron chi connectivity index (χ2n) is 2.70. The summed E-state index contributed by atoms with van der Waals surface area (Å²) < 4.78 is 5.35. The number of amides is 1. The van der Waals surface area contributed by atoms with E-state index in [1.165, 1.54) is 0 Å². The van der Waals surface area contributed by atoms with Crippen LogP contribution in [-0.2, 0) is 5.11 Å². The van der Waals surface area contributed by atoms with Crippen LogP contribution in [0.1, 0.15) is 0 Å². The third kappa shape index (κ3) is 2.41. The Labute approximate surface area is 89.5 Å². The first-order valence-corrected chi connectivity index (χ1v) is 5.17. The van der Waals surface area contributed by atoms with Crippen LogP contribution in [0, 0.1) is 0 Å². The van der Waals surface area contributed by atoms with Crippen LogP contribution in [0.2, 0.25) is 0 Å². The van der Waals surface area contributed by atoms with Gasteiger partial charge in [0, 0.05) is 0 Å². The predicted octanol–water partition coefficient (Wildman–Crippen LogP) is 2.02. The second kappa shape index (κ2) is 4.22. The summed E-state index contributed by atoms with van der Waals surface area (Å²) in [5, 5.41) is 12.6. The zero-order chi connectivity index (χ0) is 10.7. The average molecular weight is 223 g/mol. The van der Waals surface area contributed by atoms with E-state index in [4.69, 9.17) is 4.42 Å². The summed E-state index contributed by atoms with van der Waals surface area (Å²) in [5.41, 5.74) is 1.45. The molecule has 1 aromatic carbocycles. The van der Waals surface area contributed by atoms with E-state index in [0.29, 0.717) is 10.8 Å². The summed E-state index contributed by atoms with van der Waals surface area (Å²) in [4.78, 5) is 14.2. The molecule has 6 heteroatoms. The van der Waals surface area contributed by atoms with Crippen LogP contribution in [0.25, 0.3) is 11.1 Å². The first kappa shape index (κ1) is 9.85. The Morgan fingerprint density at radius 3 is 3.00 bits per heavy atom. The predicted molar refractivity (Wildman–Crippen MR) is 54.0 cm³/mol. The van der Waals surface area contributed by atoms with E-state index >= 15 is 0 Å². The van der Waals surface area contributed by atoms with Crippen molar-refractivity contribution in [1.29, 1.82) is 0 Å². The van der Waals surface area contributed by atoms with Crippen LogP contribution in [-0.4, -0.2) is 17.0 Å². The highest BCUT2D eigenvalue weighted by atomic mass is 32.2. The number of rotatable bonds is 3. The number of hydrogen-bond acceptors (Lipinski definition) is 4. The Hall–Kier alpha value is -1.69. The average Bonchev–Trinajstić information content (AvgIpc) is 2.59. The monoisotopic (exact) mass is 223 g/mol. The number of carbonyl (C=O) groups is 1. The molecule has 2 rings (SSSR count). The highest BCUT2D eigenvalue weighted by molar-refractivity contribution is 7.99. The number of nitrogens with zero attached hydrogens (tertiary/aromatic N) is 1. The molecule has 0 spiro atoms. The van der Waals surface area contributed by atoms with Crippen molar-refractivity contribution in [3.05, 3.63) is 24.3 Å². The molecular formula is C9H7N2O3S. The Kier molecular flexibility index (Phi) is 2.77. The molecule has 0 fully saturated rings. The minimum atomic E-state index is -1.31. The maximum absolute atomic E-state index is 10.1. The van der Waals surface area contributed by atoms with Crippen molar-refractivity contribution in [3.8, 4) is 0 Å². The number of benzene rings is 1. The van der Waals surface area contributed by atoms with E-state index in [9.17, 15) is 9.90 Å². The zero-order valence-corrected chi connectivity index (χ0v) is 8.41. The van der Waals surface area contributed by atoms with E-state index in [1.807, 2.05) is 18.2 Å². The zero-order valence-electron chi connectivity index (χ0n) is 7.60. The molecule has 5 nitrogen and oxygen atoms in total. The van der Waals surface area contributed by atoms with Gasteiger partial charge in [-0.05, 0) is 23.9 Å². The van der Waals surface area contributed by atoms with E-state index in [-0.39, 0.29) is 5.88 Å². The highest BCUT2D eigenvalue weighted by Gasteiger charge is 2.05. The molecule has 1 radical (unpaired) electrons. The number of para-hydroxylation sites is 2. The van der Waals surface area contributed by atoms with Crippen molar-refractivity contribution in [2.24, 2.45) is 0 Å². The highest BCUT2D eigenvalue weighted by Crippen LogP contribution is 2.22. The van der Waals surface area contributed by atoms with Crippen molar-refractivity contribution < 1.29 is 14.3 Å². The Morgan fingerprint density at radius 1 is 1.47 bits per heavy atom. The van der Waals surface area contributed by atoms with Crippen LogP contribution in [0.5, 0.6) is 0 Å². The van der Waals surface area contributed by atoms with E-state index in [0.717, 1.165) is 17.3 Å². The molecule has 0 saturated heterocycles. The van der Waals surface area contributed by atoms with Gasteiger partial charge in [-0.25, -0.2) is 14.9 Å². The minimum Gasteiger partial charge on any atom is -0.431 e. The maximum atomic E-state index is 10.1. The van der Waals surface area contributed by atoms with Crippen molar-refractivity contribution in [2.75, 3.05) is 5.88 Å². The molecular weight excluding hydrogens is 216 g/mol. The lowest BCUT2D eigenvalue weighted by Gasteiger charge is -1.93. The first-order chi connectivity index (χ1) is 7.25. The molecule has 0 aliphatic heterocycles. The second-order valence-corrected chi connectivity index (χ2v) is 3.63. The normalized spacial score (nSPS) is 10.4. The molecule has 1 heterocycles. The summed E-state index contributed by atoms with van der Waals surface area (Å²) in [5.74, 6) is 0.162. The quantitative estimate of drug-likeness (QED) is 0.638. The van der Waals surface area contributed by atoms with Crippen LogP contribution in [0.15, 0.2) is 33.9 Å². The lowest BCUT2D eigenvalue weighted by atomic mass is 10.3. The van der Waals surface area contributed by atoms with Gasteiger partial charge in [-0.3, -0.25) is 0 Å². The van der Waals surface area contributed by atoms with E-state index in [2.05, 4.69) is 10.3 Å². The van der Waals surface area contributed by atoms with Gasteiger partial charge in [-0.1, -0.05) is 12.1 Å². The molecule has 77 valence electrons. The molecule has 0 saturated carbocycles. The smallest absolute Gasteiger partial charge is 0.431 e. The maximum Gasteiger partial charge on any atom is 0.451 e. The minimum absolute atomic E-state index is 0.162. The molecule has 1 aromatic heterocycles. The number of fused-ring (bicyclic) bond motifs is 1. The van der Waals surface area contributed by atoms with Gasteiger partial charge in [0.25, 0.3) is 5.22 Å². The fourth-order valence-corrected chi connectivity index (χ4v) is 1.69. The number of oxazole rings is 1. The summed E-state index contributed by atoms with van der Waals surface area (Å²) >= 11 is 1.16. The molecule has 0 aliphatic rings. The SMILES string of the molecule is [O]C(=O)NCSc1nc2ccccc2o1. The standard InChI is InChI=1S/C9H7N2O3S/c12-8(13)10-5-15-9-11-6-3-1-2-4-7(6)14-9/h1-4,10H,5H2. The molecule has 0 bridgehead atoms. The van der Waals surface area contributed by atoms with Gasteiger partial charge in [-0.2, -0.15) is 0 Å². The molecule has 1 amide bonds. The van der Waals surface area contributed by atoms with Gasteiger partial charge in [0.2, 0.25) is 0 Å². The van der Waals surface area contributed by atoms with Crippen molar-refractivity contribution in [2.45, 2.75) is 5.22 Å². The Balaban J connectivity index is 2.05. The van der Waals surface area contributed by atoms with Gasteiger partial charge < -0.3 is 9.73 Å².